The molecule has 0 fully saturated rings. The molecule has 0 unspecified atom stereocenters. The Morgan fingerprint density at radius 2 is 1.46 bits per heavy atom. The summed E-state index contributed by atoms with van der Waals surface area (Å²) in [6.07, 6.45) is 13.1. The lowest BCUT2D eigenvalue weighted by Gasteiger charge is -2.27. The monoisotopic (exact) mass is 358 g/mol. The quantitative estimate of drug-likeness (QED) is 0.138. The van der Waals surface area contributed by atoms with E-state index in [1.807, 2.05) is 0 Å². The number of carbonyl (C=O) groups is 1. The fraction of sp³-hybridized carbons (Fsp3) is 0.833. The molecule has 0 aromatic rings. The Bertz CT molecular complexity index is 321. The third-order valence-corrected chi connectivity index (χ3v) is 5.22. The van der Waals surface area contributed by atoms with Crippen LogP contribution in [-0.4, -0.2) is 49.0 Å². The predicted octanol–water partition coefficient (Wildman–Crippen LogP) is 3.90. The summed E-state index contributed by atoms with van der Waals surface area (Å²) in [5, 5.41) is 0. The summed E-state index contributed by atoms with van der Waals surface area (Å²) >= 11 is 0. The van der Waals surface area contributed by atoms with Crippen LogP contribution in [0.2, 0.25) is 6.04 Å². The minimum Gasteiger partial charge on any atom is -0.463 e. The Hall–Kier alpha value is -0.693. The first-order valence-corrected chi connectivity index (χ1v) is 10.1. The number of hydrogen-bond donors (Lipinski definition) is 0. The second kappa shape index (κ2) is 15.8. The van der Waals surface area contributed by atoms with E-state index >= 15 is 0 Å². The molecule has 0 N–H and O–H groups in total. The molecule has 0 aliphatic heterocycles. The Kier molecular flexibility index (Phi) is 15.4. The topological polar surface area (TPSA) is 54.0 Å². The van der Waals surface area contributed by atoms with Gasteiger partial charge in [-0.25, -0.2) is 4.79 Å². The first-order valence-electron chi connectivity index (χ1n) is 8.87. The molecule has 140 valence electrons. The lowest BCUT2D eigenvalue weighted by atomic mass is 10.1. The van der Waals surface area contributed by atoms with Crippen LogP contribution in [0.4, 0.5) is 0 Å². The molecule has 0 saturated heterocycles. The van der Waals surface area contributed by atoms with Crippen LogP contribution in [0.15, 0.2) is 12.2 Å². The second-order valence-corrected chi connectivity index (χ2v) is 6.97. The van der Waals surface area contributed by atoms with Crippen molar-refractivity contribution in [2.45, 2.75) is 69.9 Å². The van der Waals surface area contributed by atoms with Crippen LogP contribution < -0.4 is 0 Å². The van der Waals surface area contributed by atoms with Crippen LogP contribution >= 0.6 is 0 Å². The molecule has 0 spiro atoms. The maximum absolute atomic E-state index is 11.6. The molecule has 5 nitrogen and oxygen atoms in total. The van der Waals surface area contributed by atoms with Gasteiger partial charge in [0.1, 0.15) is 0 Å². The van der Waals surface area contributed by atoms with Gasteiger partial charge >= 0.3 is 5.97 Å². The zero-order chi connectivity index (χ0) is 18.1. The predicted molar refractivity (Wildman–Crippen MR) is 97.0 cm³/mol. The smallest absolute Gasteiger partial charge is 0.330 e. The first-order chi connectivity index (χ1) is 11.6. The van der Waals surface area contributed by atoms with Crippen molar-refractivity contribution < 1.29 is 23.7 Å². The number of hydrogen-bond acceptors (Lipinski definition) is 5. The summed E-state index contributed by atoms with van der Waals surface area (Å²) in [7, 11) is 4.82. The summed E-state index contributed by atoms with van der Waals surface area (Å²) < 4.78 is 20.8. The van der Waals surface area contributed by atoms with Crippen molar-refractivity contribution in [1.82, 2.24) is 0 Å². The Labute approximate surface area is 149 Å². The maximum Gasteiger partial charge on any atom is 0.330 e. The number of unbranched alkanes of at least 4 members (excludes halogenated alkanes) is 7. The van der Waals surface area contributed by atoms with Gasteiger partial charge in [-0.3, -0.25) is 0 Å². The van der Waals surface area contributed by atoms with Gasteiger partial charge < -0.3 is 18.9 Å². The zero-order valence-corrected chi connectivity index (χ0v) is 16.8. The van der Waals surface area contributed by atoms with Crippen molar-refractivity contribution in [2.24, 2.45) is 0 Å². The highest BCUT2D eigenvalue weighted by atomic mass is 28.2. The van der Waals surface area contributed by atoms with Crippen molar-refractivity contribution in [3.63, 3.8) is 0 Å². The molecule has 0 bridgehead atoms. The van der Waals surface area contributed by atoms with Crippen molar-refractivity contribution >= 4 is 15.5 Å². The summed E-state index contributed by atoms with van der Waals surface area (Å²) in [4.78, 5) is 11.6. The standard InChI is InChI=1S/C18H34O5Si/c1-5-6-7-8-9-10-11-12-15-23-17(19)14-13-16-24-18(20-2,21-3)22-4/h13-14H,5-12,15-16H2,1-4H3. The van der Waals surface area contributed by atoms with Gasteiger partial charge in [0.25, 0.3) is 5.60 Å². The number of methoxy groups -OCH3 is 3. The lowest BCUT2D eigenvalue weighted by Crippen LogP contribution is -2.42. The van der Waals surface area contributed by atoms with E-state index in [4.69, 9.17) is 18.9 Å². The molecule has 0 amide bonds. The largest absolute Gasteiger partial charge is 0.463 e. The fourth-order valence-corrected chi connectivity index (χ4v) is 3.18. The molecule has 0 aliphatic rings. The fourth-order valence-electron chi connectivity index (χ4n) is 2.26. The first kappa shape index (κ1) is 23.3. The van der Waals surface area contributed by atoms with Crippen LogP contribution in [-0.2, 0) is 23.7 Å². The zero-order valence-electron chi connectivity index (χ0n) is 15.8. The molecule has 0 atom stereocenters. The highest BCUT2D eigenvalue weighted by molar-refractivity contribution is 6.38. The Balaban J connectivity index is 3.62. The normalized spacial score (nSPS) is 12.0. The molecule has 6 heteroatoms. The molecular formula is C18H34O5Si. The summed E-state index contributed by atoms with van der Waals surface area (Å²) in [5.74, 6) is -0.291. The number of allylic oxidation sites excluding steroid dienone is 1. The molecular weight excluding hydrogens is 324 g/mol. The van der Waals surface area contributed by atoms with E-state index < -0.39 is 5.60 Å². The maximum atomic E-state index is 11.6. The molecule has 0 rings (SSSR count). The number of esters is 1. The highest BCUT2D eigenvalue weighted by Gasteiger charge is 2.28. The third kappa shape index (κ3) is 11.8. The third-order valence-electron chi connectivity index (χ3n) is 3.74. The van der Waals surface area contributed by atoms with Crippen molar-refractivity contribution in [3.05, 3.63) is 12.2 Å². The SMILES string of the molecule is CCCCCCCCCCOC(=O)C=CC[Si]C(OC)(OC)OC. The molecule has 0 aliphatic carbocycles. The van der Waals surface area contributed by atoms with Gasteiger partial charge in [-0.1, -0.05) is 57.9 Å². The average Bonchev–Trinajstić information content (AvgIpc) is 2.61. The van der Waals surface area contributed by atoms with Crippen LogP contribution in [0.25, 0.3) is 0 Å². The van der Waals surface area contributed by atoms with E-state index in [0.717, 1.165) is 12.8 Å². The van der Waals surface area contributed by atoms with Crippen molar-refractivity contribution in [2.75, 3.05) is 27.9 Å². The van der Waals surface area contributed by atoms with Gasteiger partial charge in [0, 0.05) is 27.4 Å². The van der Waals surface area contributed by atoms with E-state index in [0.29, 0.717) is 12.7 Å². The van der Waals surface area contributed by atoms with Crippen LogP contribution in [0.1, 0.15) is 58.3 Å². The number of rotatable bonds is 16. The summed E-state index contributed by atoms with van der Waals surface area (Å²) in [6.45, 7) is 2.73. The Morgan fingerprint density at radius 1 is 0.917 bits per heavy atom. The molecule has 0 saturated carbocycles. The molecule has 0 heterocycles. The number of carbonyl (C=O) groups excluding carboxylic acids is 1. The van der Waals surface area contributed by atoms with Crippen molar-refractivity contribution in [1.29, 1.82) is 0 Å². The minimum atomic E-state index is -1.02. The average molecular weight is 359 g/mol. The van der Waals surface area contributed by atoms with E-state index in [9.17, 15) is 4.79 Å². The summed E-state index contributed by atoms with van der Waals surface area (Å²) in [6, 6.07) is 0.627. The molecule has 2 radical (unpaired) electrons. The number of ether oxygens (including phenoxy) is 4. The minimum absolute atomic E-state index is 0.234. The van der Waals surface area contributed by atoms with Gasteiger partial charge in [-0.15, -0.1) is 0 Å². The van der Waals surface area contributed by atoms with Gasteiger partial charge in [0.05, 0.1) is 6.61 Å². The van der Waals surface area contributed by atoms with Gasteiger partial charge in [-0.05, 0) is 12.5 Å². The van der Waals surface area contributed by atoms with Crippen molar-refractivity contribution in [3.8, 4) is 0 Å². The highest BCUT2D eigenvalue weighted by Crippen LogP contribution is 2.12. The van der Waals surface area contributed by atoms with Gasteiger partial charge in [0.15, 0.2) is 9.52 Å². The van der Waals surface area contributed by atoms with E-state index in [-0.39, 0.29) is 15.5 Å². The van der Waals surface area contributed by atoms with Crippen LogP contribution in [0.3, 0.4) is 0 Å². The van der Waals surface area contributed by atoms with Crippen LogP contribution in [0, 0.1) is 0 Å². The molecule has 0 aromatic heterocycles. The summed E-state index contributed by atoms with van der Waals surface area (Å²) in [5.41, 5.74) is -1.02. The van der Waals surface area contributed by atoms with Gasteiger partial charge in [-0.2, -0.15) is 0 Å². The van der Waals surface area contributed by atoms with E-state index in [1.165, 1.54) is 65.9 Å². The van der Waals surface area contributed by atoms with E-state index in [1.54, 1.807) is 6.08 Å². The van der Waals surface area contributed by atoms with E-state index in [2.05, 4.69) is 6.92 Å². The second-order valence-electron chi connectivity index (χ2n) is 5.59. The lowest BCUT2D eigenvalue weighted by molar-refractivity contribution is -0.294. The molecule has 24 heavy (non-hydrogen) atoms. The molecule has 0 aromatic carbocycles. The Morgan fingerprint density at radius 3 is 2.00 bits per heavy atom. The van der Waals surface area contributed by atoms with Gasteiger partial charge in [0.2, 0.25) is 0 Å². The van der Waals surface area contributed by atoms with Crippen LogP contribution in [0.5, 0.6) is 0 Å².